The van der Waals surface area contributed by atoms with Gasteiger partial charge in [0.25, 0.3) is 0 Å². The number of aryl methyl sites for hydroxylation is 1. The van der Waals surface area contributed by atoms with Gasteiger partial charge in [0.15, 0.2) is 0 Å². The quantitative estimate of drug-likeness (QED) is 0.778. The average molecular weight is 263 g/mol. The molecule has 0 aliphatic carbocycles. The second-order valence-corrected chi connectivity index (χ2v) is 4.72. The molecule has 0 atom stereocenters. The van der Waals surface area contributed by atoms with E-state index >= 15 is 0 Å². The highest BCUT2D eigenvalue weighted by Gasteiger charge is 2.04. The number of hydrogen-bond donors (Lipinski definition) is 1. The topological polar surface area (TPSA) is 37.8 Å². The van der Waals surface area contributed by atoms with Gasteiger partial charge in [-0.3, -0.25) is 0 Å². The summed E-state index contributed by atoms with van der Waals surface area (Å²) < 4.78 is 0. The van der Waals surface area contributed by atoms with Crippen LogP contribution in [0.25, 0.3) is 10.9 Å². The number of para-hydroxylation sites is 1. The predicted molar refractivity (Wildman–Crippen MR) is 82.7 cm³/mol. The van der Waals surface area contributed by atoms with E-state index in [0.29, 0.717) is 0 Å². The summed E-state index contributed by atoms with van der Waals surface area (Å²) in [6, 6.07) is 16.6. The first-order valence-electron chi connectivity index (χ1n) is 6.89. The normalized spacial score (nSPS) is 10.7. The summed E-state index contributed by atoms with van der Waals surface area (Å²) in [4.78, 5) is 8.63. The number of nitrogens with zero attached hydrogens (tertiary/aromatic N) is 2. The molecule has 3 aromatic rings. The van der Waals surface area contributed by atoms with Crippen LogP contribution in [-0.2, 0) is 13.0 Å². The number of rotatable bonds is 4. The summed E-state index contributed by atoms with van der Waals surface area (Å²) >= 11 is 0. The Hall–Kier alpha value is -2.42. The van der Waals surface area contributed by atoms with Crippen LogP contribution in [0.4, 0.5) is 5.82 Å². The summed E-state index contributed by atoms with van der Waals surface area (Å²) in [5, 5.41) is 4.49. The molecule has 100 valence electrons. The third-order valence-corrected chi connectivity index (χ3v) is 3.49. The zero-order valence-electron chi connectivity index (χ0n) is 11.5. The van der Waals surface area contributed by atoms with E-state index in [-0.39, 0.29) is 0 Å². The highest BCUT2D eigenvalue weighted by Crippen LogP contribution is 2.19. The van der Waals surface area contributed by atoms with Gasteiger partial charge in [-0.25, -0.2) is 9.97 Å². The number of aromatic nitrogens is 2. The summed E-state index contributed by atoms with van der Waals surface area (Å²) in [6.45, 7) is 2.96. The second-order valence-electron chi connectivity index (χ2n) is 4.72. The van der Waals surface area contributed by atoms with Crippen molar-refractivity contribution in [3.63, 3.8) is 0 Å². The molecule has 0 saturated carbocycles. The van der Waals surface area contributed by atoms with Crippen LogP contribution in [0.5, 0.6) is 0 Å². The van der Waals surface area contributed by atoms with Crippen LogP contribution in [0.2, 0.25) is 0 Å². The minimum Gasteiger partial charge on any atom is -0.365 e. The smallest absolute Gasteiger partial charge is 0.137 e. The largest absolute Gasteiger partial charge is 0.365 e. The zero-order chi connectivity index (χ0) is 13.8. The van der Waals surface area contributed by atoms with Gasteiger partial charge in [0.1, 0.15) is 12.1 Å². The lowest BCUT2D eigenvalue weighted by Gasteiger charge is -2.11. The number of fused-ring (bicyclic) bond motifs is 1. The molecule has 20 heavy (non-hydrogen) atoms. The molecule has 1 heterocycles. The van der Waals surface area contributed by atoms with Crippen LogP contribution in [-0.4, -0.2) is 9.97 Å². The van der Waals surface area contributed by atoms with Crippen LogP contribution in [0.1, 0.15) is 18.1 Å². The van der Waals surface area contributed by atoms with Crippen LogP contribution in [0, 0.1) is 0 Å². The molecule has 2 aromatic carbocycles. The van der Waals surface area contributed by atoms with E-state index < -0.39 is 0 Å². The standard InChI is InChI=1S/C17H17N3/c1-2-13-7-3-4-8-14(13)11-18-17-15-9-5-6-10-16(15)19-12-20-17/h3-10,12H,2,11H2,1H3,(H,18,19,20). The van der Waals surface area contributed by atoms with E-state index in [1.807, 2.05) is 24.3 Å². The van der Waals surface area contributed by atoms with Gasteiger partial charge in [0, 0.05) is 11.9 Å². The Morgan fingerprint density at radius 2 is 1.65 bits per heavy atom. The van der Waals surface area contributed by atoms with Crippen LogP contribution in [0.15, 0.2) is 54.9 Å². The highest BCUT2D eigenvalue weighted by molar-refractivity contribution is 5.88. The lowest BCUT2D eigenvalue weighted by atomic mass is 10.1. The van der Waals surface area contributed by atoms with Gasteiger partial charge < -0.3 is 5.32 Å². The van der Waals surface area contributed by atoms with E-state index in [9.17, 15) is 0 Å². The van der Waals surface area contributed by atoms with Gasteiger partial charge in [-0.05, 0) is 29.7 Å². The van der Waals surface area contributed by atoms with Gasteiger partial charge in [0.05, 0.1) is 5.52 Å². The van der Waals surface area contributed by atoms with Crippen molar-refractivity contribution in [2.45, 2.75) is 19.9 Å². The number of nitrogens with one attached hydrogen (secondary N) is 1. The fourth-order valence-corrected chi connectivity index (χ4v) is 2.40. The Morgan fingerprint density at radius 3 is 2.50 bits per heavy atom. The van der Waals surface area contributed by atoms with Crippen LogP contribution >= 0.6 is 0 Å². The Morgan fingerprint density at radius 1 is 0.900 bits per heavy atom. The molecule has 0 fully saturated rings. The van der Waals surface area contributed by atoms with Gasteiger partial charge >= 0.3 is 0 Å². The average Bonchev–Trinajstić information content (AvgIpc) is 2.53. The molecular weight excluding hydrogens is 246 g/mol. The van der Waals surface area contributed by atoms with Crippen molar-refractivity contribution in [1.29, 1.82) is 0 Å². The van der Waals surface area contributed by atoms with Gasteiger partial charge in [0.2, 0.25) is 0 Å². The first kappa shape index (κ1) is 12.6. The minimum atomic E-state index is 0.783. The van der Waals surface area contributed by atoms with Crippen molar-refractivity contribution in [1.82, 2.24) is 9.97 Å². The monoisotopic (exact) mass is 263 g/mol. The second kappa shape index (κ2) is 5.70. The predicted octanol–water partition coefficient (Wildman–Crippen LogP) is 3.80. The molecule has 0 amide bonds. The minimum absolute atomic E-state index is 0.783. The molecule has 1 N–H and O–H groups in total. The molecule has 3 heteroatoms. The lowest BCUT2D eigenvalue weighted by Crippen LogP contribution is -2.04. The Balaban J connectivity index is 1.87. The molecule has 0 bridgehead atoms. The van der Waals surface area contributed by atoms with Crippen molar-refractivity contribution in [2.24, 2.45) is 0 Å². The van der Waals surface area contributed by atoms with Crippen molar-refractivity contribution in [2.75, 3.05) is 5.32 Å². The number of benzene rings is 2. The fraction of sp³-hybridized carbons (Fsp3) is 0.176. The molecule has 0 aliphatic heterocycles. The van der Waals surface area contributed by atoms with E-state index in [2.05, 4.69) is 46.5 Å². The first-order chi connectivity index (χ1) is 9.88. The van der Waals surface area contributed by atoms with Gasteiger partial charge in [-0.15, -0.1) is 0 Å². The summed E-state index contributed by atoms with van der Waals surface area (Å²) in [5.41, 5.74) is 3.66. The molecular formula is C17H17N3. The summed E-state index contributed by atoms with van der Waals surface area (Å²) in [6.07, 6.45) is 2.65. The van der Waals surface area contributed by atoms with Crippen molar-refractivity contribution in [3.8, 4) is 0 Å². The molecule has 0 aliphatic rings. The molecule has 0 radical (unpaired) electrons. The molecule has 0 unspecified atom stereocenters. The van der Waals surface area contributed by atoms with Gasteiger partial charge in [-0.2, -0.15) is 0 Å². The molecule has 0 spiro atoms. The fourth-order valence-electron chi connectivity index (χ4n) is 2.40. The summed E-state index contributed by atoms with van der Waals surface area (Å²) in [5.74, 6) is 0.890. The third kappa shape index (κ3) is 2.48. The van der Waals surface area contributed by atoms with Crippen molar-refractivity contribution < 1.29 is 0 Å². The molecule has 0 saturated heterocycles. The Kier molecular flexibility index (Phi) is 3.59. The van der Waals surface area contributed by atoms with E-state index in [0.717, 1.165) is 29.7 Å². The number of anilines is 1. The van der Waals surface area contributed by atoms with Crippen molar-refractivity contribution >= 4 is 16.7 Å². The van der Waals surface area contributed by atoms with Crippen LogP contribution in [0.3, 0.4) is 0 Å². The third-order valence-electron chi connectivity index (χ3n) is 3.49. The first-order valence-corrected chi connectivity index (χ1v) is 6.89. The van der Waals surface area contributed by atoms with E-state index in [1.54, 1.807) is 6.33 Å². The zero-order valence-corrected chi connectivity index (χ0v) is 11.5. The highest BCUT2D eigenvalue weighted by atomic mass is 15.0. The number of hydrogen-bond acceptors (Lipinski definition) is 3. The maximum absolute atomic E-state index is 4.36. The van der Waals surface area contributed by atoms with Gasteiger partial charge in [-0.1, -0.05) is 43.3 Å². The maximum Gasteiger partial charge on any atom is 0.137 e. The summed E-state index contributed by atoms with van der Waals surface area (Å²) in [7, 11) is 0. The van der Waals surface area contributed by atoms with E-state index in [4.69, 9.17) is 0 Å². The Labute approximate surface area is 118 Å². The maximum atomic E-state index is 4.36. The molecule has 3 rings (SSSR count). The van der Waals surface area contributed by atoms with Crippen molar-refractivity contribution in [3.05, 3.63) is 66.0 Å². The lowest BCUT2D eigenvalue weighted by molar-refractivity contribution is 1.03. The SMILES string of the molecule is CCc1ccccc1CNc1ncnc2ccccc12. The van der Waals surface area contributed by atoms with Crippen LogP contribution < -0.4 is 5.32 Å². The Bertz CT molecular complexity index is 717. The molecule has 1 aromatic heterocycles. The molecule has 3 nitrogen and oxygen atoms in total. The van der Waals surface area contributed by atoms with E-state index in [1.165, 1.54) is 11.1 Å².